The van der Waals surface area contributed by atoms with Gasteiger partial charge in [0, 0.05) is 12.2 Å². The molecule has 0 bridgehead atoms. The van der Waals surface area contributed by atoms with Gasteiger partial charge in [-0.3, -0.25) is 4.79 Å². The number of carbonyl (C=O) groups excluding carboxylic acids is 1. The first-order chi connectivity index (χ1) is 9.24. The van der Waals surface area contributed by atoms with Crippen LogP contribution in [0.3, 0.4) is 0 Å². The van der Waals surface area contributed by atoms with Crippen LogP contribution in [-0.2, 0) is 17.6 Å². The van der Waals surface area contributed by atoms with Gasteiger partial charge in [-0.05, 0) is 49.5 Å². The molecule has 106 valence electrons. The van der Waals surface area contributed by atoms with Crippen LogP contribution in [0.2, 0.25) is 0 Å². The van der Waals surface area contributed by atoms with Crippen LogP contribution < -0.4 is 5.32 Å². The summed E-state index contributed by atoms with van der Waals surface area (Å²) in [6.07, 6.45) is 3.99. The Morgan fingerprint density at radius 1 is 1.15 bits per heavy atom. The summed E-state index contributed by atoms with van der Waals surface area (Å²) < 4.78 is 0. The molecule has 1 heterocycles. The Morgan fingerprint density at radius 2 is 1.85 bits per heavy atom. The number of anilines is 1. The fourth-order valence-corrected chi connectivity index (χ4v) is 2.80. The van der Waals surface area contributed by atoms with Crippen molar-refractivity contribution in [1.82, 2.24) is 4.90 Å². The van der Waals surface area contributed by atoms with Gasteiger partial charge in [-0.25, -0.2) is 0 Å². The third kappa shape index (κ3) is 4.59. The third-order valence-electron chi connectivity index (χ3n) is 3.66. The normalized spacial score (nSPS) is 13.1. The molecule has 20 heavy (non-hydrogen) atoms. The molecule has 0 atom stereocenters. The molecule has 0 aromatic heterocycles. The second-order valence-electron chi connectivity index (χ2n) is 5.26. The first kappa shape index (κ1) is 17.7. The second kappa shape index (κ2) is 8.83. The number of rotatable bonds is 7. The molecule has 1 amide bonds. The number of fused-ring (bicyclic) bond motifs is 1. The Morgan fingerprint density at radius 3 is 2.50 bits per heavy atom. The fourth-order valence-electron chi connectivity index (χ4n) is 2.80. The van der Waals surface area contributed by atoms with Crippen LogP contribution in [0.4, 0.5) is 5.69 Å². The summed E-state index contributed by atoms with van der Waals surface area (Å²) in [5, 5.41) is 2.92. The number of carbonyl (C=O) groups is 1. The van der Waals surface area contributed by atoms with Crippen LogP contribution in [-0.4, -0.2) is 60.0 Å². The Kier molecular flexibility index (Phi) is 7.82. The molecule has 2 rings (SSSR count). The van der Waals surface area contributed by atoms with E-state index in [1.165, 1.54) is 37.1 Å². The van der Waals surface area contributed by atoms with Gasteiger partial charge < -0.3 is 10.2 Å². The predicted octanol–water partition coefficient (Wildman–Crippen LogP) is 2.20. The quantitative estimate of drug-likeness (QED) is 0.779. The zero-order valence-electron chi connectivity index (χ0n) is 12.0. The number of benzene rings is 1. The fraction of sp³-hybridized carbons (Fsp3) is 0.562. The molecule has 0 aliphatic carbocycles. The Bertz CT molecular complexity index is 442. The molecule has 1 aliphatic rings. The van der Waals surface area contributed by atoms with E-state index in [-0.39, 0.29) is 35.5 Å². The predicted molar refractivity (Wildman–Crippen MR) is 86.7 cm³/mol. The third-order valence-corrected chi connectivity index (χ3v) is 3.66. The molecular weight excluding hydrogens is 259 g/mol. The molecule has 0 radical (unpaired) electrons. The van der Waals surface area contributed by atoms with Gasteiger partial charge in [-0.15, -0.1) is 0 Å². The van der Waals surface area contributed by atoms with Crippen LogP contribution in [0.1, 0.15) is 37.8 Å². The summed E-state index contributed by atoms with van der Waals surface area (Å²) >= 11 is 0. The maximum absolute atomic E-state index is 11.5. The molecule has 0 unspecified atom stereocenters. The van der Waals surface area contributed by atoms with Gasteiger partial charge in [-0.2, -0.15) is 0 Å². The van der Waals surface area contributed by atoms with E-state index >= 15 is 0 Å². The molecule has 1 aliphatic heterocycles. The van der Waals surface area contributed by atoms with Gasteiger partial charge in [0.2, 0.25) is 5.91 Å². The van der Waals surface area contributed by atoms with Gasteiger partial charge in [-0.1, -0.05) is 26.0 Å². The van der Waals surface area contributed by atoms with Crippen molar-refractivity contribution >= 4 is 41.2 Å². The zero-order chi connectivity index (χ0) is 13.7. The molecule has 4 heteroatoms. The van der Waals surface area contributed by atoms with E-state index in [0.29, 0.717) is 6.42 Å². The molecule has 0 fully saturated rings. The number of nitrogens with one attached hydrogen (secondary N) is 1. The summed E-state index contributed by atoms with van der Waals surface area (Å²) in [6, 6.07) is 6.21. The minimum absolute atomic E-state index is 0. The Hall–Kier alpha value is -0.350. The van der Waals surface area contributed by atoms with E-state index < -0.39 is 0 Å². The molecule has 1 aromatic rings. The minimum atomic E-state index is 0. The second-order valence-corrected chi connectivity index (χ2v) is 5.26. The van der Waals surface area contributed by atoms with Crippen molar-refractivity contribution in [3.63, 3.8) is 0 Å². The van der Waals surface area contributed by atoms with Crippen molar-refractivity contribution in [2.24, 2.45) is 0 Å². The average Bonchev–Trinajstić information content (AvgIpc) is 2.77. The van der Waals surface area contributed by atoms with E-state index in [4.69, 9.17) is 0 Å². The van der Waals surface area contributed by atoms with E-state index in [1.54, 1.807) is 0 Å². The van der Waals surface area contributed by atoms with Crippen molar-refractivity contribution in [2.45, 2.75) is 39.5 Å². The zero-order valence-corrected chi connectivity index (χ0v) is 12.0. The molecule has 3 nitrogen and oxygen atoms in total. The molecule has 0 saturated carbocycles. The molecule has 1 N–H and O–H groups in total. The van der Waals surface area contributed by atoms with E-state index in [2.05, 4.69) is 30.1 Å². The average molecular weight is 284 g/mol. The van der Waals surface area contributed by atoms with Crippen molar-refractivity contribution in [2.75, 3.05) is 25.0 Å². The SMILES string of the molecule is CCCN(CCC)CCc1cccc2c1CC(=O)N2.[NaH]. The van der Waals surface area contributed by atoms with Gasteiger partial charge in [0.15, 0.2) is 0 Å². The van der Waals surface area contributed by atoms with Crippen molar-refractivity contribution in [1.29, 1.82) is 0 Å². The summed E-state index contributed by atoms with van der Waals surface area (Å²) in [5.74, 6) is 0.126. The van der Waals surface area contributed by atoms with Crippen LogP contribution in [0.25, 0.3) is 0 Å². The summed E-state index contributed by atoms with van der Waals surface area (Å²) in [6.45, 7) is 7.88. The first-order valence-electron chi connectivity index (χ1n) is 7.37. The molecule has 0 spiro atoms. The molecule has 0 saturated heterocycles. The number of nitrogens with zero attached hydrogens (tertiary/aromatic N) is 1. The van der Waals surface area contributed by atoms with Crippen LogP contribution in [0.5, 0.6) is 0 Å². The summed E-state index contributed by atoms with van der Waals surface area (Å²) in [4.78, 5) is 14.0. The van der Waals surface area contributed by atoms with Gasteiger partial charge in [0.25, 0.3) is 0 Å². The van der Waals surface area contributed by atoms with Crippen molar-refractivity contribution < 1.29 is 4.79 Å². The van der Waals surface area contributed by atoms with Gasteiger partial charge in [0.1, 0.15) is 0 Å². The van der Waals surface area contributed by atoms with Crippen molar-refractivity contribution in [3.05, 3.63) is 29.3 Å². The standard InChI is InChI=1S/C16H24N2O.Na.H/c1-3-9-18(10-4-2)11-8-13-6-5-7-15-14(13)12-16(19)17-15;;/h5-7H,3-4,8-12H2,1-2H3,(H,17,19);;. The number of hydrogen-bond donors (Lipinski definition) is 1. The molecular formula is C16H25N2NaO. The summed E-state index contributed by atoms with van der Waals surface area (Å²) in [7, 11) is 0. The van der Waals surface area contributed by atoms with E-state index in [0.717, 1.165) is 18.7 Å². The van der Waals surface area contributed by atoms with Gasteiger partial charge >= 0.3 is 29.6 Å². The van der Waals surface area contributed by atoms with E-state index in [1.807, 2.05) is 12.1 Å². The summed E-state index contributed by atoms with van der Waals surface area (Å²) in [5.41, 5.74) is 3.55. The van der Waals surface area contributed by atoms with Crippen molar-refractivity contribution in [3.8, 4) is 0 Å². The first-order valence-corrected chi connectivity index (χ1v) is 7.37. The van der Waals surface area contributed by atoms with Crippen LogP contribution >= 0.6 is 0 Å². The van der Waals surface area contributed by atoms with Gasteiger partial charge in [0.05, 0.1) is 6.42 Å². The topological polar surface area (TPSA) is 32.3 Å². The van der Waals surface area contributed by atoms with Crippen LogP contribution in [0, 0.1) is 0 Å². The Balaban J connectivity index is 0.00000200. The number of hydrogen-bond acceptors (Lipinski definition) is 2. The van der Waals surface area contributed by atoms with E-state index in [9.17, 15) is 4.79 Å². The van der Waals surface area contributed by atoms with Crippen LogP contribution in [0.15, 0.2) is 18.2 Å². The maximum atomic E-state index is 11.5. The monoisotopic (exact) mass is 284 g/mol. The Labute approximate surface area is 144 Å². The number of amides is 1. The molecule has 1 aromatic carbocycles.